The zero-order valence-corrected chi connectivity index (χ0v) is 35.2. The molecular formula is C49H38Cl2N4O8. The molecule has 0 spiro atoms. The molecule has 6 aromatic carbocycles. The maximum absolute atomic E-state index is 14.2. The van der Waals surface area contributed by atoms with E-state index in [0.717, 1.165) is 16.7 Å². The topological polar surface area (TPSA) is 167 Å². The molecule has 1 unspecified atom stereocenters. The van der Waals surface area contributed by atoms with Crippen LogP contribution in [-0.2, 0) is 40.4 Å². The Balaban J connectivity index is 1.00. The van der Waals surface area contributed by atoms with Crippen molar-refractivity contribution in [3.05, 3.63) is 176 Å². The van der Waals surface area contributed by atoms with Crippen LogP contribution in [0.25, 0.3) is 11.1 Å². The number of amides is 3. The minimum absolute atomic E-state index is 0.00699. The first kappa shape index (κ1) is 42.4. The van der Waals surface area contributed by atoms with Gasteiger partial charge in [0.25, 0.3) is 11.8 Å². The van der Waals surface area contributed by atoms with Gasteiger partial charge in [0, 0.05) is 30.5 Å². The van der Waals surface area contributed by atoms with Gasteiger partial charge in [0.1, 0.15) is 35.9 Å². The van der Waals surface area contributed by atoms with Crippen LogP contribution < -0.4 is 24.8 Å². The summed E-state index contributed by atoms with van der Waals surface area (Å²) in [6.45, 7) is 0.250. The molecule has 3 amide bonds. The second-order valence-electron chi connectivity index (χ2n) is 15.1. The van der Waals surface area contributed by atoms with Crippen LogP contribution in [0.1, 0.15) is 49.8 Å². The van der Waals surface area contributed by atoms with Crippen LogP contribution >= 0.6 is 23.2 Å². The molecule has 6 aromatic rings. The van der Waals surface area contributed by atoms with Crippen LogP contribution in [0, 0.1) is 11.3 Å². The van der Waals surface area contributed by atoms with E-state index in [-0.39, 0.29) is 26.0 Å². The highest BCUT2D eigenvalue weighted by Crippen LogP contribution is 2.40. The van der Waals surface area contributed by atoms with Crippen molar-refractivity contribution in [1.82, 2.24) is 10.2 Å². The first-order valence-corrected chi connectivity index (χ1v) is 20.6. The number of benzene rings is 6. The van der Waals surface area contributed by atoms with Crippen molar-refractivity contribution in [2.24, 2.45) is 0 Å². The molecule has 0 saturated carbocycles. The fraction of sp³-hybridized carbons (Fsp3) is 0.163. The lowest BCUT2D eigenvalue weighted by Crippen LogP contribution is -2.56. The zero-order valence-electron chi connectivity index (χ0n) is 33.6. The Labute approximate surface area is 372 Å². The van der Waals surface area contributed by atoms with Crippen LogP contribution in [0.5, 0.6) is 17.2 Å². The van der Waals surface area contributed by atoms with E-state index >= 15 is 0 Å². The van der Waals surface area contributed by atoms with Crippen LogP contribution in [0.4, 0.5) is 5.69 Å². The molecule has 12 nitrogen and oxygen atoms in total. The van der Waals surface area contributed by atoms with Gasteiger partial charge in [-0.15, -0.1) is 0 Å². The number of carboxylic acid groups (broad SMARTS) is 1. The van der Waals surface area contributed by atoms with Crippen molar-refractivity contribution < 1.29 is 38.5 Å². The number of nitrogens with zero attached hydrogens (tertiary/aromatic N) is 2. The number of fused-ring (bicyclic) bond motifs is 2. The Morgan fingerprint density at radius 1 is 0.857 bits per heavy atom. The first-order chi connectivity index (χ1) is 30.5. The standard InChI is InChI=1S/C49H38Cl2N4O8/c1-61-37-15-13-34(14-16-37)48(58)55-26-36-24-44-41(53-47(57)45(63-44)33-11-17-38(18-12-33)62-27-30-6-19-39(50)40(51)20-30)22-35(36)23-43(55)46(56)54-42(49(59)60)21-28-2-7-31(8-3-28)32-9-4-29(25-52)5-10-32/h2-20,22,24,42-43,45H,21,23,26-27H2,1H3,(H,53,57)(H,54,56)(H,59,60)/t42?,43-,45-/m0/s1. The molecule has 0 bridgehead atoms. The van der Waals surface area contributed by atoms with Gasteiger partial charge in [-0.2, -0.15) is 5.26 Å². The van der Waals surface area contributed by atoms with Crippen LogP contribution in [0.2, 0.25) is 10.0 Å². The molecule has 0 aromatic heterocycles. The number of carbonyl (C=O) groups excluding carboxylic acids is 3. The first-order valence-electron chi connectivity index (χ1n) is 19.8. The Bertz CT molecular complexity index is 2760. The Hall–Kier alpha value is -7.33. The highest BCUT2D eigenvalue weighted by atomic mass is 35.5. The third-order valence-electron chi connectivity index (χ3n) is 11.0. The minimum Gasteiger partial charge on any atom is -0.497 e. The Morgan fingerprint density at radius 2 is 1.52 bits per heavy atom. The molecule has 3 N–H and O–H groups in total. The van der Waals surface area contributed by atoms with Crippen molar-refractivity contribution >= 4 is 52.6 Å². The van der Waals surface area contributed by atoms with Gasteiger partial charge in [0.05, 0.1) is 34.5 Å². The molecule has 2 aliphatic heterocycles. The molecular weight excluding hydrogens is 843 g/mol. The van der Waals surface area contributed by atoms with Crippen LogP contribution in [0.3, 0.4) is 0 Å². The lowest BCUT2D eigenvalue weighted by molar-refractivity contribution is -0.142. The number of methoxy groups -OCH3 is 1. The molecule has 2 aliphatic rings. The number of rotatable bonds is 12. The van der Waals surface area contributed by atoms with E-state index in [2.05, 4.69) is 16.7 Å². The Kier molecular flexibility index (Phi) is 12.3. The van der Waals surface area contributed by atoms with E-state index in [0.29, 0.717) is 66.4 Å². The number of ether oxygens (including phenoxy) is 3. The molecule has 0 radical (unpaired) electrons. The maximum Gasteiger partial charge on any atom is 0.326 e. The molecule has 14 heteroatoms. The summed E-state index contributed by atoms with van der Waals surface area (Å²) in [5.74, 6) is -1.23. The third-order valence-corrected chi connectivity index (χ3v) is 11.7. The number of carboxylic acids is 1. The van der Waals surface area contributed by atoms with Crippen molar-refractivity contribution in [2.75, 3.05) is 12.4 Å². The maximum atomic E-state index is 14.2. The number of nitrogens with one attached hydrogen (secondary N) is 2. The average molecular weight is 882 g/mol. The van der Waals surface area contributed by atoms with E-state index < -0.39 is 41.9 Å². The van der Waals surface area contributed by atoms with Crippen molar-refractivity contribution in [3.8, 4) is 34.4 Å². The summed E-state index contributed by atoms with van der Waals surface area (Å²) >= 11 is 12.2. The quantitative estimate of drug-likeness (QED) is 0.109. The van der Waals surface area contributed by atoms with E-state index in [9.17, 15) is 24.3 Å². The average Bonchev–Trinajstić information content (AvgIpc) is 3.30. The summed E-state index contributed by atoms with van der Waals surface area (Å²) in [5.41, 5.74) is 6.49. The van der Waals surface area contributed by atoms with E-state index in [1.165, 1.54) is 12.0 Å². The lowest BCUT2D eigenvalue weighted by Gasteiger charge is -2.37. The van der Waals surface area contributed by atoms with Gasteiger partial charge >= 0.3 is 5.97 Å². The smallest absolute Gasteiger partial charge is 0.326 e. The van der Waals surface area contributed by atoms with Gasteiger partial charge in [-0.3, -0.25) is 14.4 Å². The number of aliphatic carboxylic acids is 1. The number of anilines is 1. The summed E-state index contributed by atoms with van der Waals surface area (Å²) in [6.07, 6.45) is -0.971. The van der Waals surface area contributed by atoms with Gasteiger partial charge in [0.15, 0.2) is 0 Å². The van der Waals surface area contributed by atoms with Gasteiger partial charge in [-0.1, -0.05) is 77.8 Å². The number of hydrogen-bond acceptors (Lipinski definition) is 8. The number of carbonyl (C=O) groups is 4. The van der Waals surface area contributed by atoms with Gasteiger partial charge < -0.3 is 34.9 Å². The van der Waals surface area contributed by atoms with Crippen molar-refractivity contribution in [2.45, 2.75) is 44.2 Å². The van der Waals surface area contributed by atoms with Crippen molar-refractivity contribution in [1.29, 1.82) is 5.26 Å². The molecule has 316 valence electrons. The highest BCUT2D eigenvalue weighted by Gasteiger charge is 2.39. The zero-order chi connectivity index (χ0) is 44.2. The van der Waals surface area contributed by atoms with Gasteiger partial charge in [0.2, 0.25) is 12.0 Å². The summed E-state index contributed by atoms with van der Waals surface area (Å²) in [4.78, 5) is 56.0. The molecule has 0 aliphatic carbocycles. The molecule has 0 saturated heterocycles. The van der Waals surface area contributed by atoms with Gasteiger partial charge in [-0.05, 0) is 106 Å². The second kappa shape index (κ2) is 18.3. The summed E-state index contributed by atoms with van der Waals surface area (Å²) in [7, 11) is 1.52. The normalized spacial score (nSPS) is 15.7. The summed E-state index contributed by atoms with van der Waals surface area (Å²) < 4.78 is 17.5. The number of hydrogen-bond donors (Lipinski definition) is 3. The predicted octanol–water partition coefficient (Wildman–Crippen LogP) is 8.57. The SMILES string of the molecule is COc1ccc(C(=O)N2Cc3cc4c(cc3C[C@H]2C(=O)NC(Cc2ccc(-c3ccc(C#N)cc3)cc2)C(=O)O)NC(=O)[C@H](c2ccc(OCc3ccc(Cl)c(Cl)c3)cc2)O4)cc1. The number of nitriles is 1. The monoisotopic (exact) mass is 880 g/mol. The molecule has 63 heavy (non-hydrogen) atoms. The largest absolute Gasteiger partial charge is 0.497 e. The fourth-order valence-corrected chi connectivity index (χ4v) is 7.89. The third kappa shape index (κ3) is 9.45. The van der Waals surface area contributed by atoms with Crippen LogP contribution in [-0.4, -0.2) is 52.9 Å². The van der Waals surface area contributed by atoms with E-state index in [1.54, 1.807) is 97.1 Å². The molecule has 3 atom stereocenters. The molecule has 0 fully saturated rings. The van der Waals surface area contributed by atoms with Crippen LogP contribution in [0.15, 0.2) is 127 Å². The Morgan fingerprint density at radius 3 is 2.17 bits per heavy atom. The minimum atomic E-state index is -1.31. The van der Waals surface area contributed by atoms with Crippen molar-refractivity contribution in [3.63, 3.8) is 0 Å². The predicted molar refractivity (Wildman–Crippen MR) is 236 cm³/mol. The molecule has 2 heterocycles. The highest BCUT2D eigenvalue weighted by molar-refractivity contribution is 6.42. The second-order valence-corrected chi connectivity index (χ2v) is 15.9. The summed E-state index contributed by atoms with van der Waals surface area (Å²) in [5, 5.41) is 25.9. The summed E-state index contributed by atoms with van der Waals surface area (Å²) in [6, 6.07) is 36.3. The van der Waals surface area contributed by atoms with E-state index in [1.807, 2.05) is 30.3 Å². The fourth-order valence-electron chi connectivity index (χ4n) is 7.57. The van der Waals surface area contributed by atoms with Gasteiger partial charge in [-0.25, -0.2) is 4.79 Å². The lowest BCUT2D eigenvalue weighted by atomic mass is 9.91. The van der Waals surface area contributed by atoms with E-state index in [4.69, 9.17) is 42.7 Å². The molecule has 8 rings (SSSR count). The number of halogens is 2.